The number of H-pyrrole nitrogens is 1. The molecule has 22 heavy (non-hydrogen) atoms. The molecule has 6 nitrogen and oxygen atoms in total. The number of nitrogens with zero attached hydrogens (tertiary/aromatic N) is 5. The van der Waals surface area contributed by atoms with Crippen LogP contribution >= 0.6 is 0 Å². The molecule has 0 aliphatic carbocycles. The van der Waals surface area contributed by atoms with Crippen LogP contribution in [-0.2, 0) is 6.54 Å². The van der Waals surface area contributed by atoms with Crippen LogP contribution in [0.1, 0.15) is 35.0 Å². The second-order valence-corrected chi connectivity index (χ2v) is 6.18. The van der Waals surface area contributed by atoms with E-state index in [1.807, 2.05) is 23.8 Å². The Morgan fingerprint density at radius 3 is 3.09 bits per heavy atom. The first-order chi connectivity index (χ1) is 10.7. The van der Waals surface area contributed by atoms with Gasteiger partial charge in [0.05, 0.1) is 6.20 Å². The summed E-state index contributed by atoms with van der Waals surface area (Å²) in [5.74, 6) is 0.556. The molecule has 4 heterocycles. The van der Waals surface area contributed by atoms with E-state index in [4.69, 9.17) is 0 Å². The van der Waals surface area contributed by atoms with Gasteiger partial charge in [-0.15, -0.1) is 0 Å². The molecule has 0 saturated carbocycles. The van der Waals surface area contributed by atoms with Crippen molar-refractivity contribution in [1.29, 1.82) is 0 Å². The molecule has 0 radical (unpaired) electrons. The van der Waals surface area contributed by atoms with Crippen molar-refractivity contribution < 1.29 is 0 Å². The van der Waals surface area contributed by atoms with Gasteiger partial charge in [-0.1, -0.05) is 0 Å². The maximum absolute atomic E-state index is 4.67. The highest BCUT2D eigenvalue weighted by Crippen LogP contribution is 2.27. The summed E-state index contributed by atoms with van der Waals surface area (Å²) < 4.78 is 1.94. The number of hydrogen-bond acceptors (Lipinski definition) is 4. The third-order valence-corrected chi connectivity index (χ3v) is 4.48. The van der Waals surface area contributed by atoms with Gasteiger partial charge in [0.25, 0.3) is 0 Å². The van der Waals surface area contributed by atoms with Crippen LogP contribution in [0.2, 0.25) is 0 Å². The van der Waals surface area contributed by atoms with Crippen LogP contribution in [0.15, 0.2) is 24.5 Å². The van der Waals surface area contributed by atoms with Crippen molar-refractivity contribution in [2.75, 3.05) is 13.1 Å². The van der Waals surface area contributed by atoms with Gasteiger partial charge in [-0.3, -0.25) is 10.00 Å². The first-order valence-electron chi connectivity index (χ1n) is 7.73. The van der Waals surface area contributed by atoms with Crippen molar-refractivity contribution in [3.8, 4) is 0 Å². The average molecular weight is 296 g/mol. The molecular weight excluding hydrogens is 276 g/mol. The molecule has 1 fully saturated rings. The molecule has 0 unspecified atom stereocenters. The topological polar surface area (TPSA) is 62.1 Å². The number of fused-ring (bicyclic) bond motifs is 1. The summed E-state index contributed by atoms with van der Waals surface area (Å²) in [5, 5.41) is 11.6. The second kappa shape index (κ2) is 5.21. The first-order valence-corrected chi connectivity index (χ1v) is 7.73. The Morgan fingerprint density at radius 1 is 1.36 bits per heavy atom. The highest BCUT2D eigenvalue weighted by atomic mass is 15.3. The lowest BCUT2D eigenvalue weighted by Gasteiger charge is -2.14. The highest BCUT2D eigenvalue weighted by molar-refractivity contribution is 5.47. The normalized spacial score (nSPS) is 19.3. The fourth-order valence-corrected chi connectivity index (χ4v) is 3.39. The molecule has 1 atom stereocenters. The first kappa shape index (κ1) is 13.5. The Balaban J connectivity index is 1.55. The Kier molecular flexibility index (Phi) is 3.18. The Morgan fingerprint density at radius 2 is 2.27 bits per heavy atom. The Labute approximate surface area is 129 Å². The van der Waals surface area contributed by atoms with Crippen LogP contribution in [-0.4, -0.2) is 42.8 Å². The zero-order chi connectivity index (χ0) is 15.1. The van der Waals surface area contributed by atoms with Gasteiger partial charge in [0.1, 0.15) is 0 Å². The van der Waals surface area contributed by atoms with Crippen LogP contribution < -0.4 is 0 Å². The molecule has 6 heteroatoms. The van der Waals surface area contributed by atoms with Crippen LogP contribution in [0.25, 0.3) is 5.65 Å². The van der Waals surface area contributed by atoms with Crippen molar-refractivity contribution in [2.24, 2.45) is 0 Å². The highest BCUT2D eigenvalue weighted by Gasteiger charge is 2.25. The lowest BCUT2D eigenvalue weighted by atomic mass is 10.1. The van der Waals surface area contributed by atoms with E-state index in [9.17, 15) is 0 Å². The third-order valence-electron chi connectivity index (χ3n) is 4.48. The third kappa shape index (κ3) is 2.29. The molecule has 1 aliphatic rings. The summed E-state index contributed by atoms with van der Waals surface area (Å²) >= 11 is 0. The fraction of sp³-hybridized carbons (Fsp3) is 0.438. The van der Waals surface area contributed by atoms with Gasteiger partial charge in [-0.2, -0.15) is 10.2 Å². The summed E-state index contributed by atoms with van der Waals surface area (Å²) in [7, 11) is 0. The van der Waals surface area contributed by atoms with E-state index in [0.717, 1.165) is 36.7 Å². The van der Waals surface area contributed by atoms with E-state index < -0.39 is 0 Å². The number of likely N-dealkylation sites (tertiary alicyclic amines) is 1. The maximum Gasteiger partial charge on any atom is 0.159 e. The van der Waals surface area contributed by atoms with Crippen molar-refractivity contribution >= 4 is 5.65 Å². The van der Waals surface area contributed by atoms with Crippen molar-refractivity contribution in [3.63, 3.8) is 0 Å². The van der Waals surface area contributed by atoms with E-state index in [-0.39, 0.29) is 0 Å². The fourth-order valence-electron chi connectivity index (χ4n) is 3.39. The summed E-state index contributed by atoms with van der Waals surface area (Å²) in [6.07, 6.45) is 4.96. The minimum atomic E-state index is 0.556. The number of rotatable bonds is 3. The molecule has 114 valence electrons. The van der Waals surface area contributed by atoms with Crippen molar-refractivity contribution in [1.82, 2.24) is 29.7 Å². The predicted octanol–water partition coefficient (Wildman–Crippen LogP) is 2.06. The van der Waals surface area contributed by atoms with Crippen LogP contribution in [0.4, 0.5) is 0 Å². The molecule has 1 saturated heterocycles. The second-order valence-electron chi connectivity index (χ2n) is 6.18. The van der Waals surface area contributed by atoms with E-state index in [1.54, 1.807) is 0 Å². The van der Waals surface area contributed by atoms with Gasteiger partial charge in [0.15, 0.2) is 5.65 Å². The molecule has 3 aromatic heterocycles. The molecule has 1 N–H and O–H groups in total. The van der Waals surface area contributed by atoms with E-state index in [2.05, 4.69) is 44.2 Å². The quantitative estimate of drug-likeness (QED) is 0.803. The lowest BCUT2D eigenvalue weighted by Crippen LogP contribution is -2.20. The number of aryl methyl sites for hydroxylation is 2. The number of aromatic amines is 1. The number of aromatic nitrogens is 5. The van der Waals surface area contributed by atoms with Gasteiger partial charge >= 0.3 is 0 Å². The van der Waals surface area contributed by atoms with Crippen LogP contribution in [0.3, 0.4) is 0 Å². The minimum Gasteiger partial charge on any atom is -0.298 e. The minimum absolute atomic E-state index is 0.556. The van der Waals surface area contributed by atoms with E-state index in [0.29, 0.717) is 5.92 Å². The largest absolute Gasteiger partial charge is 0.298 e. The summed E-state index contributed by atoms with van der Waals surface area (Å²) in [6.45, 7) is 7.18. The van der Waals surface area contributed by atoms with Gasteiger partial charge in [0.2, 0.25) is 0 Å². The van der Waals surface area contributed by atoms with E-state index >= 15 is 0 Å². The average Bonchev–Trinajstić information content (AvgIpc) is 3.20. The van der Waals surface area contributed by atoms with Gasteiger partial charge in [-0.25, -0.2) is 9.50 Å². The van der Waals surface area contributed by atoms with Crippen LogP contribution in [0, 0.1) is 13.8 Å². The van der Waals surface area contributed by atoms with Gasteiger partial charge < -0.3 is 0 Å². The summed E-state index contributed by atoms with van der Waals surface area (Å²) in [5.41, 5.74) is 5.61. The SMILES string of the molecule is Cc1cc(C)n2ncc(CN3CC[C@@H](c4ccn[nH]4)C3)c2n1. The Hall–Kier alpha value is -2.21. The zero-order valence-corrected chi connectivity index (χ0v) is 13.0. The summed E-state index contributed by atoms with van der Waals surface area (Å²) in [6, 6.07) is 4.14. The molecular formula is C16H20N6. The molecule has 0 amide bonds. The number of nitrogens with one attached hydrogen (secondary N) is 1. The lowest BCUT2D eigenvalue weighted by molar-refractivity contribution is 0.327. The molecule has 1 aliphatic heterocycles. The van der Waals surface area contributed by atoms with Crippen molar-refractivity contribution in [2.45, 2.75) is 32.7 Å². The number of hydrogen-bond donors (Lipinski definition) is 1. The van der Waals surface area contributed by atoms with Gasteiger partial charge in [-0.05, 0) is 38.9 Å². The van der Waals surface area contributed by atoms with E-state index in [1.165, 1.54) is 17.7 Å². The summed E-state index contributed by atoms with van der Waals surface area (Å²) in [4.78, 5) is 7.14. The molecule has 4 rings (SSSR count). The zero-order valence-electron chi connectivity index (χ0n) is 13.0. The molecule has 0 spiro atoms. The molecule has 0 bridgehead atoms. The smallest absolute Gasteiger partial charge is 0.159 e. The van der Waals surface area contributed by atoms with Crippen LogP contribution in [0.5, 0.6) is 0 Å². The van der Waals surface area contributed by atoms with Crippen molar-refractivity contribution in [3.05, 3.63) is 47.2 Å². The maximum atomic E-state index is 4.67. The molecule has 3 aromatic rings. The van der Waals surface area contributed by atoms with Gasteiger partial charge in [0, 0.05) is 47.8 Å². The Bertz CT molecular complexity index is 788. The molecule has 0 aromatic carbocycles. The standard InChI is InChI=1S/C16H20N6/c1-11-7-12(2)22-16(19-11)14(8-18-22)10-21-6-4-13(9-21)15-3-5-17-20-15/h3,5,7-8,13H,4,6,9-10H2,1-2H3,(H,17,20)/t13-/m1/s1. The monoisotopic (exact) mass is 296 g/mol. The predicted molar refractivity (Wildman–Crippen MR) is 83.7 cm³/mol.